The first-order valence-electron chi connectivity index (χ1n) is 3.08. The van der Waals surface area contributed by atoms with E-state index in [0.717, 1.165) is 11.3 Å². The molecule has 0 saturated heterocycles. The summed E-state index contributed by atoms with van der Waals surface area (Å²) in [4.78, 5) is 3.93. The summed E-state index contributed by atoms with van der Waals surface area (Å²) in [5, 5.41) is 0.663. The molecule has 0 saturated carbocycles. The standard InChI is InChI=1S/C7H8ClNOS/c1-6(4-8)5-11-7-9-2-3-10-7/h2-3H,1,4-5H2. The number of nitrogens with zero attached hydrogens (tertiary/aromatic N) is 1. The monoisotopic (exact) mass is 189 g/mol. The van der Waals surface area contributed by atoms with E-state index in [-0.39, 0.29) is 0 Å². The molecule has 0 unspecified atom stereocenters. The van der Waals surface area contributed by atoms with Gasteiger partial charge in [-0.15, -0.1) is 11.6 Å². The predicted octanol–water partition coefficient (Wildman–Crippen LogP) is 2.56. The van der Waals surface area contributed by atoms with Crippen molar-refractivity contribution in [2.75, 3.05) is 11.6 Å². The quantitative estimate of drug-likeness (QED) is 0.414. The average Bonchev–Trinajstić information content (AvgIpc) is 2.52. The van der Waals surface area contributed by atoms with Crippen molar-refractivity contribution in [2.45, 2.75) is 5.22 Å². The van der Waals surface area contributed by atoms with Crippen molar-refractivity contribution in [3.05, 3.63) is 24.6 Å². The first-order chi connectivity index (χ1) is 5.33. The van der Waals surface area contributed by atoms with Gasteiger partial charge in [-0.1, -0.05) is 23.9 Å². The van der Waals surface area contributed by atoms with Crippen molar-refractivity contribution in [1.29, 1.82) is 0 Å². The number of halogens is 1. The van der Waals surface area contributed by atoms with E-state index in [4.69, 9.17) is 16.0 Å². The van der Waals surface area contributed by atoms with E-state index in [2.05, 4.69) is 11.6 Å². The van der Waals surface area contributed by atoms with Crippen LogP contribution in [-0.2, 0) is 0 Å². The summed E-state index contributed by atoms with van der Waals surface area (Å²) in [7, 11) is 0. The van der Waals surface area contributed by atoms with Crippen LogP contribution in [0.15, 0.2) is 34.3 Å². The fourth-order valence-corrected chi connectivity index (χ4v) is 1.38. The van der Waals surface area contributed by atoms with Crippen molar-refractivity contribution in [1.82, 2.24) is 4.98 Å². The van der Waals surface area contributed by atoms with Gasteiger partial charge < -0.3 is 4.42 Å². The summed E-state index contributed by atoms with van der Waals surface area (Å²) < 4.78 is 5.00. The maximum atomic E-state index is 5.53. The Labute approximate surface area is 74.6 Å². The molecule has 1 aromatic rings. The van der Waals surface area contributed by atoms with Gasteiger partial charge in [0.2, 0.25) is 0 Å². The molecular weight excluding hydrogens is 182 g/mol. The van der Waals surface area contributed by atoms with E-state index in [1.807, 2.05) is 0 Å². The van der Waals surface area contributed by atoms with Crippen LogP contribution in [0.3, 0.4) is 0 Å². The molecule has 0 bridgehead atoms. The second kappa shape index (κ2) is 4.46. The number of aromatic nitrogens is 1. The summed E-state index contributed by atoms with van der Waals surface area (Å²) in [5.74, 6) is 1.26. The number of rotatable bonds is 4. The Morgan fingerprint density at radius 1 is 1.82 bits per heavy atom. The molecule has 1 heterocycles. The van der Waals surface area contributed by atoms with E-state index in [1.54, 1.807) is 12.5 Å². The topological polar surface area (TPSA) is 26.0 Å². The number of thioether (sulfide) groups is 1. The largest absolute Gasteiger partial charge is 0.440 e. The van der Waals surface area contributed by atoms with Gasteiger partial charge in [-0.2, -0.15) is 0 Å². The van der Waals surface area contributed by atoms with E-state index < -0.39 is 0 Å². The summed E-state index contributed by atoms with van der Waals surface area (Å²) in [6, 6.07) is 0. The maximum absolute atomic E-state index is 5.53. The van der Waals surface area contributed by atoms with Crippen molar-refractivity contribution in [3.8, 4) is 0 Å². The summed E-state index contributed by atoms with van der Waals surface area (Å²) in [5.41, 5.74) is 0.981. The minimum Gasteiger partial charge on any atom is -0.440 e. The van der Waals surface area contributed by atoms with Crippen LogP contribution in [0.25, 0.3) is 0 Å². The van der Waals surface area contributed by atoms with Crippen LogP contribution in [0.4, 0.5) is 0 Å². The lowest BCUT2D eigenvalue weighted by atomic mass is 10.4. The van der Waals surface area contributed by atoms with Crippen LogP contribution in [0.2, 0.25) is 0 Å². The van der Waals surface area contributed by atoms with E-state index in [1.165, 1.54) is 11.8 Å². The third kappa shape index (κ3) is 2.99. The second-order valence-electron chi connectivity index (χ2n) is 1.97. The van der Waals surface area contributed by atoms with Crippen molar-refractivity contribution >= 4 is 23.4 Å². The molecule has 0 aliphatic heterocycles. The minimum absolute atomic E-state index is 0.494. The average molecular weight is 190 g/mol. The fraction of sp³-hybridized carbons (Fsp3) is 0.286. The molecule has 1 aromatic heterocycles. The zero-order valence-electron chi connectivity index (χ0n) is 5.92. The van der Waals surface area contributed by atoms with E-state index in [0.29, 0.717) is 11.1 Å². The van der Waals surface area contributed by atoms with Gasteiger partial charge in [-0.3, -0.25) is 0 Å². The molecule has 60 valence electrons. The Morgan fingerprint density at radius 2 is 2.64 bits per heavy atom. The molecule has 4 heteroatoms. The zero-order chi connectivity index (χ0) is 8.10. The van der Waals surface area contributed by atoms with Crippen LogP contribution in [0.5, 0.6) is 0 Å². The molecule has 0 aromatic carbocycles. The Kier molecular flexibility index (Phi) is 3.52. The van der Waals surface area contributed by atoms with Gasteiger partial charge in [0.15, 0.2) is 0 Å². The Balaban J connectivity index is 2.29. The molecule has 0 radical (unpaired) electrons. The summed E-state index contributed by atoms with van der Waals surface area (Å²) in [6.07, 6.45) is 3.16. The molecule has 1 rings (SSSR count). The molecular formula is C7H8ClNOS. The van der Waals surface area contributed by atoms with Crippen LogP contribution >= 0.6 is 23.4 Å². The fourth-order valence-electron chi connectivity index (χ4n) is 0.484. The first-order valence-corrected chi connectivity index (χ1v) is 4.60. The Bertz CT molecular complexity index is 222. The van der Waals surface area contributed by atoms with E-state index in [9.17, 15) is 0 Å². The number of oxazole rings is 1. The molecule has 0 spiro atoms. The lowest BCUT2D eigenvalue weighted by Gasteiger charge is -1.95. The molecule has 0 amide bonds. The van der Waals surface area contributed by atoms with Gasteiger partial charge >= 0.3 is 0 Å². The highest BCUT2D eigenvalue weighted by Crippen LogP contribution is 2.17. The van der Waals surface area contributed by atoms with Crippen LogP contribution in [0, 0.1) is 0 Å². The molecule has 0 fully saturated rings. The molecule has 0 aliphatic carbocycles. The van der Waals surface area contributed by atoms with Crippen LogP contribution < -0.4 is 0 Å². The SMILES string of the molecule is C=C(CCl)CSc1ncco1. The van der Waals surface area contributed by atoms with Crippen LogP contribution in [-0.4, -0.2) is 16.6 Å². The highest BCUT2D eigenvalue weighted by atomic mass is 35.5. The third-order valence-corrected chi connectivity index (χ3v) is 2.38. The van der Waals surface area contributed by atoms with Crippen molar-refractivity contribution in [3.63, 3.8) is 0 Å². The van der Waals surface area contributed by atoms with E-state index >= 15 is 0 Å². The van der Waals surface area contributed by atoms with Gasteiger partial charge in [0.05, 0.1) is 6.20 Å². The number of hydrogen-bond acceptors (Lipinski definition) is 3. The highest BCUT2D eigenvalue weighted by Gasteiger charge is 1.98. The second-order valence-corrected chi connectivity index (χ2v) is 3.16. The van der Waals surface area contributed by atoms with Crippen molar-refractivity contribution < 1.29 is 4.42 Å². The van der Waals surface area contributed by atoms with Gasteiger partial charge in [-0.05, 0) is 0 Å². The Morgan fingerprint density at radius 3 is 3.18 bits per heavy atom. The molecule has 0 N–H and O–H groups in total. The lowest BCUT2D eigenvalue weighted by molar-refractivity contribution is 0.454. The minimum atomic E-state index is 0.494. The molecule has 0 aliphatic rings. The van der Waals surface area contributed by atoms with Crippen molar-refractivity contribution in [2.24, 2.45) is 0 Å². The molecule has 11 heavy (non-hydrogen) atoms. The Hall–Kier alpha value is -0.410. The smallest absolute Gasteiger partial charge is 0.255 e. The van der Waals surface area contributed by atoms with Gasteiger partial charge in [0.1, 0.15) is 6.26 Å². The summed E-state index contributed by atoms with van der Waals surface area (Å²) in [6.45, 7) is 3.75. The first kappa shape index (κ1) is 8.68. The summed E-state index contributed by atoms with van der Waals surface area (Å²) >= 11 is 7.03. The molecule has 0 atom stereocenters. The maximum Gasteiger partial charge on any atom is 0.255 e. The highest BCUT2D eigenvalue weighted by molar-refractivity contribution is 7.99. The molecule has 2 nitrogen and oxygen atoms in total. The van der Waals surface area contributed by atoms with Gasteiger partial charge in [-0.25, -0.2) is 4.98 Å². The lowest BCUT2D eigenvalue weighted by Crippen LogP contribution is -1.85. The zero-order valence-corrected chi connectivity index (χ0v) is 7.49. The van der Waals surface area contributed by atoms with Gasteiger partial charge in [0, 0.05) is 11.6 Å². The predicted molar refractivity (Wildman–Crippen MR) is 47.1 cm³/mol. The number of hydrogen-bond donors (Lipinski definition) is 0. The van der Waals surface area contributed by atoms with Crippen LogP contribution in [0.1, 0.15) is 0 Å². The normalized spacial score (nSPS) is 9.91. The third-order valence-electron chi connectivity index (χ3n) is 0.998. The van der Waals surface area contributed by atoms with Gasteiger partial charge in [0.25, 0.3) is 5.22 Å². The number of alkyl halides is 1.